The van der Waals surface area contributed by atoms with Gasteiger partial charge in [0.05, 0.1) is 18.8 Å². The molecule has 7 nitrogen and oxygen atoms in total. The number of hydrogen-bond acceptors (Lipinski definition) is 6. The van der Waals surface area contributed by atoms with Gasteiger partial charge in [-0.05, 0) is 25.3 Å². The van der Waals surface area contributed by atoms with Crippen LogP contribution in [-0.2, 0) is 16.1 Å². The molecule has 1 aromatic heterocycles. The van der Waals surface area contributed by atoms with Gasteiger partial charge in [0.15, 0.2) is 5.13 Å². The number of nitrogens with one attached hydrogen (secondary N) is 2. The zero-order valence-corrected chi connectivity index (χ0v) is 16.1. The molecule has 138 valence electrons. The minimum atomic E-state index is -0.353. The normalized spacial score (nSPS) is 17.3. The highest BCUT2D eigenvalue weighted by Gasteiger charge is 2.17. The zero-order chi connectivity index (χ0) is 15.9. The molecule has 24 heavy (non-hydrogen) atoms. The molecule has 2 amide bonds. The number of rotatable bonds is 6. The lowest BCUT2D eigenvalue weighted by Gasteiger charge is -2.30. The van der Waals surface area contributed by atoms with Crippen LogP contribution in [-0.4, -0.2) is 47.9 Å². The Morgan fingerprint density at radius 3 is 2.83 bits per heavy atom. The van der Waals surface area contributed by atoms with Crippen LogP contribution in [0.3, 0.4) is 0 Å². The van der Waals surface area contributed by atoms with Crippen molar-refractivity contribution in [2.75, 3.05) is 31.5 Å². The van der Waals surface area contributed by atoms with Crippen molar-refractivity contribution >= 4 is 53.1 Å². The Hall–Kier alpha value is -0.930. The van der Waals surface area contributed by atoms with Gasteiger partial charge in [-0.25, -0.2) is 4.98 Å². The lowest BCUT2D eigenvalue weighted by molar-refractivity contribution is -0.123. The summed E-state index contributed by atoms with van der Waals surface area (Å²) in [5, 5.41) is 7.63. The third-order valence-electron chi connectivity index (χ3n) is 3.56. The van der Waals surface area contributed by atoms with E-state index in [1.165, 1.54) is 24.2 Å². The predicted molar refractivity (Wildman–Crippen MR) is 101 cm³/mol. The van der Waals surface area contributed by atoms with Crippen LogP contribution < -0.4 is 16.4 Å². The number of carbonyl (C=O) groups is 2. The average Bonchev–Trinajstić information content (AvgIpc) is 2.91. The Balaban J connectivity index is 0.00000264. The summed E-state index contributed by atoms with van der Waals surface area (Å²) in [5.41, 5.74) is 6.13. The lowest BCUT2D eigenvalue weighted by atomic mass is 10.0. The maximum absolute atomic E-state index is 11.7. The van der Waals surface area contributed by atoms with E-state index >= 15 is 0 Å². The second-order valence-corrected chi connectivity index (χ2v) is 6.51. The highest BCUT2D eigenvalue weighted by atomic mass is 35.5. The molecule has 1 saturated heterocycles. The molecular formula is C14H25Cl2N5O2S. The molecule has 0 aliphatic carbocycles. The van der Waals surface area contributed by atoms with E-state index in [2.05, 4.69) is 27.4 Å². The highest BCUT2D eigenvalue weighted by Crippen LogP contribution is 2.20. The average molecular weight is 398 g/mol. The standard InChI is InChI=1S/C14H23N5O2S.2ClH/c1-10-3-2-4-19(7-10)8-11-9-22-14(17-11)18-13(21)6-16-12(20)5-15;;/h9-10H,2-8,15H2,1H3,(H,16,20)(H,17,18,21);2*1H. The minimum Gasteiger partial charge on any atom is -0.346 e. The number of nitrogens with zero attached hydrogens (tertiary/aromatic N) is 2. The Kier molecular flexibility index (Phi) is 11.1. The molecule has 1 aliphatic heterocycles. The van der Waals surface area contributed by atoms with Crippen molar-refractivity contribution in [3.63, 3.8) is 0 Å². The lowest BCUT2D eigenvalue weighted by Crippen LogP contribution is -2.36. The summed E-state index contributed by atoms with van der Waals surface area (Å²) >= 11 is 1.40. The first kappa shape index (κ1) is 23.1. The van der Waals surface area contributed by atoms with Gasteiger partial charge in [0.25, 0.3) is 0 Å². The van der Waals surface area contributed by atoms with Crippen LogP contribution in [0.5, 0.6) is 0 Å². The number of piperidine rings is 1. The van der Waals surface area contributed by atoms with E-state index in [0.29, 0.717) is 5.13 Å². The molecule has 1 aliphatic rings. The Labute approximate surface area is 158 Å². The van der Waals surface area contributed by atoms with E-state index in [0.717, 1.165) is 31.2 Å². The maximum atomic E-state index is 11.7. The van der Waals surface area contributed by atoms with Crippen LogP contribution >= 0.6 is 36.2 Å². The van der Waals surface area contributed by atoms with Gasteiger partial charge in [-0.2, -0.15) is 0 Å². The second kappa shape index (κ2) is 11.6. The van der Waals surface area contributed by atoms with Crippen LogP contribution in [0.15, 0.2) is 5.38 Å². The Morgan fingerprint density at radius 1 is 1.42 bits per heavy atom. The maximum Gasteiger partial charge on any atom is 0.245 e. The van der Waals surface area contributed by atoms with Gasteiger partial charge < -0.3 is 16.4 Å². The van der Waals surface area contributed by atoms with Crippen LogP contribution in [0.25, 0.3) is 0 Å². The summed E-state index contributed by atoms with van der Waals surface area (Å²) in [5.74, 6) is 0.0845. The number of aromatic nitrogens is 1. The van der Waals surface area contributed by atoms with E-state index in [9.17, 15) is 9.59 Å². The van der Waals surface area contributed by atoms with Crippen molar-refractivity contribution in [1.29, 1.82) is 0 Å². The van der Waals surface area contributed by atoms with Crippen molar-refractivity contribution in [2.24, 2.45) is 11.7 Å². The van der Waals surface area contributed by atoms with Crippen molar-refractivity contribution in [3.8, 4) is 0 Å². The zero-order valence-electron chi connectivity index (χ0n) is 13.6. The van der Waals surface area contributed by atoms with Gasteiger partial charge in [-0.3, -0.25) is 14.5 Å². The first-order valence-electron chi connectivity index (χ1n) is 7.50. The van der Waals surface area contributed by atoms with Gasteiger partial charge in [-0.1, -0.05) is 6.92 Å². The van der Waals surface area contributed by atoms with E-state index in [4.69, 9.17) is 5.73 Å². The van der Waals surface area contributed by atoms with E-state index in [-0.39, 0.29) is 49.7 Å². The van der Waals surface area contributed by atoms with Crippen molar-refractivity contribution in [2.45, 2.75) is 26.3 Å². The minimum absolute atomic E-state index is 0. The smallest absolute Gasteiger partial charge is 0.245 e. The summed E-state index contributed by atoms with van der Waals surface area (Å²) in [6, 6.07) is 0. The van der Waals surface area contributed by atoms with Crippen LogP contribution in [0.2, 0.25) is 0 Å². The molecule has 2 heterocycles. The summed E-state index contributed by atoms with van der Waals surface area (Å²) < 4.78 is 0. The molecule has 1 atom stereocenters. The van der Waals surface area contributed by atoms with Gasteiger partial charge >= 0.3 is 0 Å². The first-order valence-corrected chi connectivity index (χ1v) is 8.38. The molecule has 1 fully saturated rings. The number of thiazole rings is 1. The highest BCUT2D eigenvalue weighted by molar-refractivity contribution is 7.13. The molecule has 0 bridgehead atoms. The first-order chi connectivity index (χ1) is 10.6. The van der Waals surface area contributed by atoms with E-state index in [1.54, 1.807) is 0 Å². The third kappa shape index (κ3) is 7.76. The molecule has 0 radical (unpaired) electrons. The summed E-state index contributed by atoms with van der Waals surface area (Å²) in [6.07, 6.45) is 2.53. The molecule has 4 N–H and O–H groups in total. The van der Waals surface area contributed by atoms with Gasteiger partial charge in [0, 0.05) is 18.5 Å². The number of carbonyl (C=O) groups excluding carboxylic acids is 2. The fraction of sp³-hybridized carbons (Fsp3) is 0.643. The number of amides is 2. The topological polar surface area (TPSA) is 100 Å². The van der Waals surface area contributed by atoms with Crippen molar-refractivity contribution in [1.82, 2.24) is 15.2 Å². The monoisotopic (exact) mass is 397 g/mol. The molecule has 0 aromatic carbocycles. The molecule has 1 aromatic rings. The third-order valence-corrected chi connectivity index (χ3v) is 4.36. The molecular weight excluding hydrogens is 373 g/mol. The number of halogens is 2. The fourth-order valence-electron chi connectivity index (χ4n) is 2.51. The van der Waals surface area contributed by atoms with E-state index < -0.39 is 0 Å². The van der Waals surface area contributed by atoms with Gasteiger partial charge in [-0.15, -0.1) is 36.2 Å². The quantitative estimate of drug-likeness (QED) is 0.669. The Bertz CT molecular complexity index is 529. The van der Waals surface area contributed by atoms with Crippen molar-refractivity contribution in [3.05, 3.63) is 11.1 Å². The molecule has 1 unspecified atom stereocenters. The summed E-state index contributed by atoms with van der Waals surface area (Å²) in [6.45, 7) is 5.09. The van der Waals surface area contributed by atoms with Crippen LogP contribution in [0.4, 0.5) is 5.13 Å². The number of nitrogens with two attached hydrogens (primary N) is 1. The number of anilines is 1. The summed E-state index contributed by atoms with van der Waals surface area (Å²) in [4.78, 5) is 29.5. The number of hydrogen-bond donors (Lipinski definition) is 3. The molecule has 0 saturated carbocycles. The molecule has 10 heteroatoms. The number of likely N-dealkylation sites (tertiary alicyclic amines) is 1. The van der Waals surface area contributed by atoms with Crippen LogP contribution in [0.1, 0.15) is 25.5 Å². The molecule has 2 rings (SSSR count). The van der Waals surface area contributed by atoms with Gasteiger partial charge in [0.1, 0.15) is 0 Å². The fourth-order valence-corrected chi connectivity index (χ4v) is 3.23. The SMILES string of the molecule is CC1CCCN(Cc2csc(NC(=O)CNC(=O)CN)n2)C1.Cl.Cl. The predicted octanol–water partition coefficient (Wildman–Crippen LogP) is 1.23. The van der Waals surface area contributed by atoms with Gasteiger partial charge in [0.2, 0.25) is 11.8 Å². The molecule has 0 spiro atoms. The summed E-state index contributed by atoms with van der Waals surface area (Å²) in [7, 11) is 0. The van der Waals surface area contributed by atoms with Crippen LogP contribution in [0, 0.1) is 5.92 Å². The van der Waals surface area contributed by atoms with Crippen molar-refractivity contribution < 1.29 is 9.59 Å². The second-order valence-electron chi connectivity index (χ2n) is 5.66. The van der Waals surface area contributed by atoms with E-state index in [1.807, 2.05) is 5.38 Å². The Morgan fingerprint density at radius 2 is 2.17 bits per heavy atom. The largest absolute Gasteiger partial charge is 0.346 e.